The molecule has 1 atom stereocenters. The molecule has 0 radical (unpaired) electrons. The van der Waals surface area contributed by atoms with Crippen LogP contribution in [0, 0.1) is 6.92 Å². The van der Waals surface area contributed by atoms with E-state index in [1.807, 2.05) is 38.1 Å². The zero-order valence-electron chi connectivity index (χ0n) is 14.0. The lowest BCUT2D eigenvalue weighted by atomic mass is 10.1. The Bertz CT molecular complexity index is 727. The van der Waals surface area contributed by atoms with Crippen molar-refractivity contribution in [2.45, 2.75) is 26.4 Å². The highest BCUT2D eigenvalue weighted by atomic mass is 16.5. The molecule has 0 spiro atoms. The molecule has 0 aliphatic heterocycles. The van der Waals surface area contributed by atoms with Crippen molar-refractivity contribution in [2.75, 3.05) is 12.4 Å². The molecular weight excluding hydrogens is 306 g/mol. The van der Waals surface area contributed by atoms with Crippen molar-refractivity contribution in [3.05, 3.63) is 59.7 Å². The van der Waals surface area contributed by atoms with Gasteiger partial charge >= 0.3 is 5.97 Å². The highest BCUT2D eigenvalue weighted by Crippen LogP contribution is 2.19. The lowest BCUT2D eigenvalue weighted by Crippen LogP contribution is -2.33. The Kier molecular flexibility index (Phi) is 5.95. The summed E-state index contributed by atoms with van der Waals surface area (Å²) in [6, 6.07) is 14.2. The summed E-state index contributed by atoms with van der Waals surface area (Å²) in [5.41, 5.74) is 1.76. The van der Waals surface area contributed by atoms with Crippen LogP contribution >= 0.6 is 0 Å². The molecule has 0 fully saturated rings. The fraction of sp³-hybridized carbons (Fsp3) is 0.263. The van der Waals surface area contributed by atoms with Crippen LogP contribution in [-0.4, -0.2) is 25.1 Å². The maximum absolute atomic E-state index is 12.5. The van der Waals surface area contributed by atoms with Crippen molar-refractivity contribution in [3.63, 3.8) is 0 Å². The van der Waals surface area contributed by atoms with E-state index in [-0.39, 0.29) is 5.91 Å². The van der Waals surface area contributed by atoms with E-state index in [4.69, 9.17) is 9.47 Å². The number of para-hydroxylation sites is 1. The highest BCUT2D eigenvalue weighted by Gasteiger charge is 2.21. The first kappa shape index (κ1) is 17.5. The van der Waals surface area contributed by atoms with E-state index >= 15 is 0 Å². The Balaban J connectivity index is 2.14. The minimum atomic E-state index is -0.655. The molecule has 0 heterocycles. The molecule has 5 nitrogen and oxygen atoms in total. The Labute approximate surface area is 141 Å². The predicted molar refractivity (Wildman–Crippen MR) is 92.3 cm³/mol. The van der Waals surface area contributed by atoms with Gasteiger partial charge in [-0.15, -0.1) is 0 Å². The molecule has 0 aliphatic rings. The standard InChI is InChI=1S/C19H21NO4/c1-4-17(24-14-9-7-8-13(2)12-14)18(21)20-16-11-6-5-10-15(16)19(22)23-3/h5-12,17H,4H2,1-3H3,(H,20,21)/t17-/m0/s1. The monoisotopic (exact) mass is 327 g/mol. The van der Waals surface area contributed by atoms with Crippen LogP contribution in [0.4, 0.5) is 5.69 Å². The lowest BCUT2D eigenvalue weighted by molar-refractivity contribution is -0.122. The number of carbonyl (C=O) groups is 2. The predicted octanol–water partition coefficient (Wildman–Crippen LogP) is 3.58. The number of aryl methyl sites for hydroxylation is 1. The van der Waals surface area contributed by atoms with Gasteiger partial charge in [0.15, 0.2) is 6.10 Å². The van der Waals surface area contributed by atoms with Crippen LogP contribution in [0.5, 0.6) is 5.75 Å². The third-order valence-electron chi connectivity index (χ3n) is 3.52. The number of esters is 1. The minimum absolute atomic E-state index is 0.304. The van der Waals surface area contributed by atoms with E-state index < -0.39 is 12.1 Å². The van der Waals surface area contributed by atoms with Crippen molar-refractivity contribution < 1.29 is 19.1 Å². The number of hydrogen-bond acceptors (Lipinski definition) is 4. The van der Waals surface area contributed by atoms with Gasteiger partial charge in [-0.05, 0) is 43.2 Å². The van der Waals surface area contributed by atoms with Crippen molar-refractivity contribution in [1.29, 1.82) is 0 Å². The van der Waals surface area contributed by atoms with Gasteiger partial charge in [0.2, 0.25) is 0 Å². The smallest absolute Gasteiger partial charge is 0.339 e. The second kappa shape index (κ2) is 8.15. The minimum Gasteiger partial charge on any atom is -0.481 e. The highest BCUT2D eigenvalue weighted by molar-refractivity contribution is 6.02. The lowest BCUT2D eigenvalue weighted by Gasteiger charge is -2.18. The van der Waals surface area contributed by atoms with Gasteiger partial charge in [-0.1, -0.05) is 31.2 Å². The number of methoxy groups -OCH3 is 1. The Morgan fingerprint density at radius 3 is 2.54 bits per heavy atom. The number of ether oxygens (including phenoxy) is 2. The van der Waals surface area contributed by atoms with Gasteiger partial charge in [0, 0.05) is 0 Å². The Hall–Kier alpha value is -2.82. The number of carbonyl (C=O) groups excluding carboxylic acids is 2. The molecule has 24 heavy (non-hydrogen) atoms. The molecule has 2 rings (SSSR count). The third kappa shape index (κ3) is 4.35. The zero-order valence-corrected chi connectivity index (χ0v) is 14.0. The molecule has 0 bridgehead atoms. The van der Waals surface area contributed by atoms with Crippen LogP contribution in [0.15, 0.2) is 48.5 Å². The van der Waals surface area contributed by atoms with Crippen LogP contribution in [0.25, 0.3) is 0 Å². The summed E-state index contributed by atoms with van der Waals surface area (Å²) in [6.45, 7) is 3.83. The number of rotatable bonds is 6. The van der Waals surface area contributed by atoms with Crippen LogP contribution in [0.1, 0.15) is 29.3 Å². The zero-order chi connectivity index (χ0) is 17.5. The summed E-state index contributed by atoms with van der Waals surface area (Å²) in [6.07, 6.45) is -0.155. The molecule has 5 heteroatoms. The SMILES string of the molecule is CC[C@H](Oc1cccc(C)c1)C(=O)Nc1ccccc1C(=O)OC. The van der Waals surface area contributed by atoms with E-state index in [2.05, 4.69) is 5.32 Å². The molecular formula is C19H21NO4. The summed E-state index contributed by atoms with van der Waals surface area (Å²) < 4.78 is 10.5. The van der Waals surface area contributed by atoms with Crippen molar-refractivity contribution in [2.24, 2.45) is 0 Å². The first-order valence-electron chi connectivity index (χ1n) is 7.76. The second-order valence-electron chi connectivity index (χ2n) is 5.36. The first-order valence-corrected chi connectivity index (χ1v) is 7.76. The van der Waals surface area contributed by atoms with Gasteiger partial charge in [0.05, 0.1) is 18.4 Å². The van der Waals surface area contributed by atoms with Gasteiger partial charge in [-0.25, -0.2) is 4.79 Å². The van der Waals surface area contributed by atoms with Crippen molar-refractivity contribution in [3.8, 4) is 5.75 Å². The van der Waals surface area contributed by atoms with Crippen LogP contribution < -0.4 is 10.1 Å². The molecule has 2 aromatic carbocycles. The Morgan fingerprint density at radius 2 is 1.88 bits per heavy atom. The van der Waals surface area contributed by atoms with Gasteiger partial charge in [0.25, 0.3) is 5.91 Å². The van der Waals surface area contributed by atoms with Gasteiger partial charge in [-0.3, -0.25) is 4.79 Å². The number of hydrogen-bond donors (Lipinski definition) is 1. The summed E-state index contributed by atoms with van der Waals surface area (Å²) in [5, 5.41) is 2.75. The van der Waals surface area contributed by atoms with Crippen LogP contribution in [0.3, 0.4) is 0 Å². The van der Waals surface area contributed by atoms with Crippen LogP contribution in [-0.2, 0) is 9.53 Å². The number of benzene rings is 2. The maximum atomic E-state index is 12.5. The van der Waals surface area contributed by atoms with E-state index in [9.17, 15) is 9.59 Å². The number of amides is 1. The van der Waals surface area contributed by atoms with Crippen molar-refractivity contribution >= 4 is 17.6 Å². The molecule has 126 valence electrons. The molecule has 0 saturated heterocycles. The van der Waals surface area contributed by atoms with E-state index in [0.29, 0.717) is 23.4 Å². The summed E-state index contributed by atoms with van der Waals surface area (Å²) in [4.78, 5) is 24.3. The largest absolute Gasteiger partial charge is 0.481 e. The first-order chi connectivity index (χ1) is 11.5. The molecule has 0 aromatic heterocycles. The third-order valence-corrected chi connectivity index (χ3v) is 3.52. The topological polar surface area (TPSA) is 64.6 Å². The average Bonchev–Trinajstić information content (AvgIpc) is 2.59. The summed E-state index contributed by atoms with van der Waals surface area (Å²) >= 11 is 0. The molecule has 0 unspecified atom stereocenters. The molecule has 0 saturated carbocycles. The number of nitrogens with one attached hydrogen (secondary N) is 1. The van der Waals surface area contributed by atoms with Gasteiger partial charge in [-0.2, -0.15) is 0 Å². The molecule has 1 N–H and O–H groups in total. The molecule has 1 amide bonds. The van der Waals surface area contributed by atoms with Crippen molar-refractivity contribution in [1.82, 2.24) is 0 Å². The maximum Gasteiger partial charge on any atom is 0.339 e. The second-order valence-corrected chi connectivity index (χ2v) is 5.36. The normalized spacial score (nSPS) is 11.5. The van der Waals surface area contributed by atoms with E-state index in [1.54, 1.807) is 24.3 Å². The number of anilines is 1. The average molecular weight is 327 g/mol. The summed E-state index contributed by atoms with van der Waals surface area (Å²) in [5.74, 6) is -0.174. The van der Waals surface area contributed by atoms with Gasteiger partial charge < -0.3 is 14.8 Å². The quantitative estimate of drug-likeness (QED) is 0.824. The fourth-order valence-corrected chi connectivity index (χ4v) is 2.27. The molecule has 2 aromatic rings. The van der Waals surface area contributed by atoms with Gasteiger partial charge in [0.1, 0.15) is 5.75 Å². The Morgan fingerprint density at radius 1 is 1.12 bits per heavy atom. The fourth-order valence-electron chi connectivity index (χ4n) is 2.27. The van der Waals surface area contributed by atoms with E-state index in [0.717, 1.165) is 5.56 Å². The molecule has 0 aliphatic carbocycles. The van der Waals surface area contributed by atoms with Crippen LogP contribution in [0.2, 0.25) is 0 Å². The van der Waals surface area contributed by atoms with E-state index in [1.165, 1.54) is 7.11 Å². The summed E-state index contributed by atoms with van der Waals surface area (Å²) in [7, 11) is 1.30.